The van der Waals surface area contributed by atoms with Crippen LogP contribution in [0, 0.1) is 0 Å². The Bertz CT molecular complexity index is 1130. The Balaban J connectivity index is 1.95. The van der Waals surface area contributed by atoms with Gasteiger partial charge in [-0.2, -0.15) is 11.3 Å². The molecule has 1 amide bonds. The maximum atomic E-state index is 12.7. The maximum Gasteiger partial charge on any atom is 0.339 e. The van der Waals surface area contributed by atoms with E-state index in [1.807, 2.05) is 0 Å². The lowest BCUT2D eigenvalue weighted by Crippen LogP contribution is -2.40. The van der Waals surface area contributed by atoms with Gasteiger partial charge in [0.15, 0.2) is 0 Å². The number of aromatic carboxylic acids is 1. The molecular weight excluding hydrogens is 488 g/mol. The number of unbranched alkanes of at least 4 members (excludes halogenated alkanes) is 1. The van der Waals surface area contributed by atoms with Gasteiger partial charge in [0.2, 0.25) is 15.9 Å². The van der Waals surface area contributed by atoms with Crippen molar-refractivity contribution in [3.05, 3.63) is 46.2 Å². The molecule has 2 atom stereocenters. The molecule has 2 aromatic rings. The van der Waals surface area contributed by atoms with Crippen LogP contribution in [0.15, 0.2) is 39.9 Å². The van der Waals surface area contributed by atoms with E-state index in [1.54, 1.807) is 16.8 Å². The monoisotopic (exact) mass is 512 g/mol. The molecule has 0 fully saturated rings. The Kier molecular flexibility index (Phi) is 9.71. The number of carboxylic acid groups (broad SMARTS) is 2. The summed E-state index contributed by atoms with van der Waals surface area (Å²) in [6, 6.07) is 3.52. The number of phenols is 1. The zero-order valence-electron chi connectivity index (χ0n) is 17.8. The van der Waals surface area contributed by atoms with Crippen molar-refractivity contribution < 1.29 is 42.9 Å². The van der Waals surface area contributed by atoms with Gasteiger partial charge < -0.3 is 25.4 Å². The minimum Gasteiger partial charge on any atom is -0.507 e. The van der Waals surface area contributed by atoms with E-state index in [-0.39, 0.29) is 11.4 Å². The van der Waals surface area contributed by atoms with E-state index in [1.165, 1.54) is 11.3 Å². The first kappa shape index (κ1) is 27.0. The second-order valence-corrected chi connectivity index (χ2v) is 9.88. The number of amides is 1. The summed E-state index contributed by atoms with van der Waals surface area (Å²) in [7, 11) is -4.02. The molecule has 0 saturated carbocycles. The largest absolute Gasteiger partial charge is 0.507 e. The summed E-state index contributed by atoms with van der Waals surface area (Å²) in [5.41, 5.74) is 0.164. The third-order valence-electron chi connectivity index (χ3n) is 4.87. The average molecular weight is 513 g/mol. The van der Waals surface area contributed by atoms with Gasteiger partial charge in [0.05, 0.1) is 23.3 Å². The Morgan fingerprint density at radius 3 is 2.44 bits per heavy atom. The SMILES string of the molecule is O=C[C@H](CC(=O)O)NC(=O)C(CCCCNS(=O)(=O)c1ccc(O)c(C(=O)O)c1)c1ccsc1. The number of sulfonamides is 1. The van der Waals surface area contributed by atoms with E-state index in [4.69, 9.17) is 10.2 Å². The number of hydrogen-bond donors (Lipinski definition) is 5. The van der Waals surface area contributed by atoms with E-state index in [2.05, 4.69) is 10.0 Å². The van der Waals surface area contributed by atoms with Crippen LogP contribution in [0.2, 0.25) is 0 Å². The number of nitrogens with one attached hydrogen (secondary N) is 2. The van der Waals surface area contributed by atoms with Gasteiger partial charge in [0.25, 0.3) is 0 Å². The molecule has 5 N–H and O–H groups in total. The summed E-state index contributed by atoms with van der Waals surface area (Å²) in [4.78, 5) is 45.4. The van der Waals surface area contributed by atoms with E-state index in [0.29, 0.717) is 31.1 Å². The first-order valence-electron chi connectivity index (χ1n) is 10.1. The van der Waals surface area contributed by atoms with E-state index in [0.717, 1.165) is 18.2 Å². The van der Waals surface area contributed by atoms with Gasteiger partial charge in [-0.25, -0.2) is 17.9 Å². The molecule has 0 spiro atoms. The molecule has 184 valence electrons. The van der Waals surface area contributed by atoms with E-state index < -0.39 is 57.6 Å². The molecule has 0 saturated heterocycles. The first-order chi connectivity index (χ1) is 16.0. The number of aromatic hydroxyl groups is 1. The number of rotatable bonds is 14. The van der Waals surface area contributed by atoms with E-state index >= 15 is 0 Å². The molecule has 2 rings (SSSR count). The highest BCUT2D eigenvalue weighted by Crippen LogP contribution is 2.25. The number of carboxylic acids is 2. The van der Waals surface area contributed by atoms with Gasteiger partial charge in [-0.05, 0) is 53.4 Å². The summed E-state index contributed by atoms with van der Waals surface area (Å²) >= 11 is 1.37. The Morgan fingerprint density at radius 2 is 1.85 bits per heavy atom. The molecule has 13 heteroatoms. The molecule has 1 heterocycles. The number of benzene rings is 1. The van der Waals surface area contributed by atoms with Crippen LogP contribution in [-0.2, 0) is 24.4 Å². The highest BCUT2D eigenvalue weighted by Gasteiger charge is 2.24. The minimum absolute atomic E-state index is 0.0135. The normalized spacial score (nSPS) is 13.1. The lowest BCUT2D eigenvalue weighted by atomic mass is 9.94. The molecule has 0 radical (unpaired) electrons. The summed E-state index contributed by atoms with van der Waals surface area (Å²) in [6.07, 6.45) is 0.935. The number of hydrogen-bond acceptors (Lipinski definition) is 8. The van der Waals surface area contributed by atoms with Gasteiger partial charge in [-0.15, -0.1) is 0 Å². The molecule has 1 aromatic carbocycles. The van der Waals surface area contributed by atoms with Crippen molar-refractivity contribution in [2.75, 3.05) is 6.54 Å². The van der Waals surface area contributed by atoms with Crippen molar-refractivity contribution in [1.29, 1.82) is 0 Å². The fourth-order valence-electron chi connectivity index (χ4n) is 3.14. The minimum atomic E-state index is -4.02. The molecule has 1 aromatic heterocycles. The van der Waals surface area contributed by atoms with Gasteiger partial charge >= 0.3 is 11.9 Å². The fourth-order valence-corrected chi connectivity index (χ4v) is 4.96. The van der Waals surface area contributed by atoms with Crippen LogP contribution >= 0.6 is 11.3 Å². The van der Waals surface area contributed by atoms with Crippen LogP contribution in [0.4, 0.5) is 0 Å². The molecule has 0 bridgehead atoms. The van der Waals surface area contributed by atoms with Crippen LogP contribution in [0.1, 0.15) is 47.5 Å². The molecule has 0 aliphatic carbocycles. The molecular formula is C21H24N2O9S2. The number of aldehydes is 1. The van der Waals surface area contributed by atoms with Crippen molar-refractivity contribution in [3.63, 3.8) is 0 Å². The Hall–Kier alpha value is -3.29. The molecule has 0 aliphatic heterocycles. The van der Waals surface area contributed by atoms with Crippen molar-refractivity contribution in [2.45, 2.75) is 42.5 Å². The highest BCUT2D eigenvalue weighted by molar-refractivity contribution is 7.89. The topological polar surface area (TPSA) is 187 Å². The quantitative estimate of drug-likeness (QED) is 0.185. The number of carbonyl (C=O) groups excluding carboxylic acids is 2. The third kappa shape index (κ3) is 7.64. The standard InChI is InChI=1S/C21H24N2O9S2/c24-11-14(9-19(26)27)23-20(28)16(13-6-8-33-12-13)3-1-2-7-22-34(31,32)15-4-5-18(25)17(10-15)21(29)30/h4-6,8,10-12,14,16,22,25H,1-3,7,9H2,(H,23,28)(H,26,27)(H,29,30)/t14-,16?/m0/s1. The summed E-state index contributed by atoms with van der Waals surface area (Å²) < 4.78 is 27.2. The van der Waals surface area contributed by atoms with Crippen LogP contribution in [0.5, 0.6) is 5.75 Å². The zero-order chi connectivity index (χ0) is 25.3. The first-order valence-corrected chi connectivity index (χ1v) is 12.5. The highest BCUT2D eigenvalue weighted by atomic mass is 32.2. The third-order valence-corrected chi connectivity index (χ3v) is 7.03. The molecule has 0 aliphatic rings. The van der Waals surface area contributed by atoms with Crippen molar-refractivity contribution in [2.24, 2.45) is 0 Å². The lowest BCUT2D eigenvalue weighted by molar-refractivity contribution is -0.138. The summed E-state index contributed by atoms with van der Waals surface area (Å²) in [6.45, 7) is 0.0135. The second kappa shape index (κ2) is 12.3. The van der Waals surface area contributed by atoms with Gasteiger partial charge in [-0.1, -0.05) is 6.42 Å². The van der Waals surface area contributed by atoms with Crippen molar-refractivity contribution >= 4 is 45.5 Å². The summed E-state index contributed by atoms with van der Waals surface area (Å²) in [5.74, 6) is -4.38. The van der Waals surface area contributed by atoms with Gasteiger partial charge in [-0.3, -0.25) is 9.59 Å². The lowest BCUT2D eigenvalue weighted by Gasteiger charge is -2.18. The van der Waals surface area contributed by atoms with Gasteiger partial charge in [0, 0.05) is 6.54 Å². The van der Waals surface area contributed by atoms with E-state index in [9.17, 15) is 32.7 Å². The molecule has 11 nitrogen and oxygen atoms in total. The number of aliphatic carboxylic acids is 1. The predicted octanol–water partition coefficient (Wildman–Crippen LogP) is 1.54. The number of thiophene rings is 1. The molecule has 34 heavy (non-hydrogen) atoms. The van der Waals surface area contributed by atoms with Crippen molar-refractivity contribution in [1.82, 2.24) is 10.0 Å². The van der Waals surface area contributed by atoms with Crippen molar-refractivity contribution in [3.8, 4) is 5.75 Å². The fraction of sp³-hybridized carbons (Fsp3) is 0.333. The summed E-state index contributed by atoms with van der Waals surface area (Å²) in [5, 5.41) is 33.4. The molecule has 1 unspecified atom stereocenters. The van der Waals surface area contributed by atoms with Crippen LogP contribution < -0.4 is 10.0 Å². The predicted molar refractivity (Wildman–Crippen MR) is 121 cm³/mol. The smallest absolute Gasteiger partial charge is 0.339 e. The maximum absolute atomic E-state index is 12.7. The Labute approximate surface area is 199 Å². The average Bonchev–Trinajstić information content (AvgIpc) is 3.29. The van der Waals surface area contributed by atoms with Crippen LogP contribution in [-0.4, -0.2) is 60.5 Å². The number of carbonyl (C=O) groups is 4. The Morgan fingerprint density at radius 1 is 1.12 bits per heavy atom. The van der Waals surface area contributed by atoms with Crippen LogP contribution in [0.25, 0.3) is 0 Å². The van der Waals surface area contributed by atoms with Gasteiger partial charge in [0.1, 0.15) is 17.6 Å². The zero-order valence-corrected chi connectivity index (χ0v) is 19.5. The second-order valence-electron chi connectivity index (χ2n) is 7.34. The van der Waals surface area contributed by atoms with Crippen LogP contribution in [0.3, 0.4) is 0 Å².